The fraction of sp³-hybridized carbons (Fsp3) is 0.500. The summed E-state index contributed by atoms with van der Waals surface area (Å²) in [5.74, 6) is 0.811. The first-order valence-corrected chi connectivity index (χ1v) is 40.1. The van der Waals surface area contributed by atoms with Crippen molar-refractivity contribution in [3.05, 3.63) is 127 Å². The van der Waals surface area contributed by atoms with Crippen LogP contribution in [0, 0.1) is 0 Å². The molecule has 0 saturated carbocycles. The van der Waals surface area contributed by atoms with Crippen LogP contribution in [0.5, 0.6) is 0 Å². The van der Waals surface area contributed by atoms with Gasteiger partial charge >= 0.3 is 379 Å². The first-order chi connectivity index (χ1) is 28.1. The summed E-state index contributed by atoms with van der Waals surface area (Å²) < 4.78 is 0.158. The van der Waals surface area contributed by atoms with Gasteiger partial charge in [-0.25, -0.2) is 0 Å². The SMILES string of the molecule is CCCC1=Cc2c(ccc(C(C)C)c2-c2cc(C(C)C)cc(C(C)C)c2)[CH]1[Zr]([Cl])([Cl])([CH]1C(CCC)=Cc2c1ccc(C(C)C)c2-c1cc(C(C)C)cc(C(C)C)c1)[SiH](C)C. The van der Waals surface area contributed by atoms with E-state index in [0.29, 0.717) is 35.5 Å². The number of hydrogen-bond acceptors (Lipinski definition) is 0. The number of rotatable bonds is 15. The Bertz CT molecular complexity index is 2090. The van der Waals surface area contributed by atoms with Crippen LogP contribution in [-0.2, 0) is 15.6 Å². The van der Waals surface area contributed by atoms with E-state index >= 15 is 0 Å². The number of benzene rings is 4. The van der Waals surface area contributed by atoms with Gasteiger partial charge in [-0.15, -0.1) is 0 Å². The molecule has 0 saturated heterocycles. The summed E-state index contributed by atoms with van der Waals surface area (Å²) in [6, 6.07) is 24.7. The minimum atomic E-state index is -5.04. The molecule has 2 unspecified atom stereocenters. The Hall–Kier alpha value is -1.96. The van der Waals surface area contributed by atoms with Crippen molar-refractivity contribution in [1.82, 2.24) is 0 Å². The molecule has 0 fully saturated rings. The fourth-order valence-electron chi connectivity index (χ4n) is 10.8. The summed E-state index contributed by atoms with van der Waals surface area (Å²) in [5, 5.41) is 0. The zero-order valence-corrected chi connectivity index (χ0v) is 45.3. The van der Waals surface area contributed by atoms with Gasteiger partial charge in [0.15, 0.2) is 0 Å². The third-order valence-corrected chi connectivity index (χ3v) is 66.2. The van der Waals surface area contributed by atoms with E-state index < -0.39 is 21.5 Å². The molecule has 0 bridgehead atoms. The molecule has 4 aromatic rings. The average molecular weight is 940 g/mol. The van der Waals surface area contributed by atoms with Crippen LogP contribution >= 0.6 is 17.0 Å². The van der Waals surface area contributed by atoms with E-state index in [-0.39, 0.29) is 7.25 Å². The first-order valence-electron chi connectivity index (χ1n) is 23.8. The van der Waals surface area contributed by atoms with Crippen LogP contribution in [0.3, 0.4) is 0 Å². The topological polar surface area (TPSA) is 0 Å². The zero-order valence-electron chi connectivity index (χ0n) is 40.2. The summed E-state index contributed by atoms with van der Waals surface area (Å²) in [6.45, 7) is 37.8. The summed E-state index contributed by atoms with van der Waals surface area (Å²) in [4.78, 5) is 0. The second-order valence-corrected chi connectivity index (χ2v) is 63.5. The first kappa shape index (κ1) is 47.5. The van der Waals surface area contributed by atoms with Crippen LogP contribution in [0.15, 0.2) is 71.8 Å². The molecule has 0 spiro atoms. The van der Waals surface area contributed by atoms with Crippen molar-refractivity contribution in [2.45, 2.75) is 178 Å². The minimum absolute atomic E-state index is 0.0791. The summed E-state index contributed by atoms with van der Waals surface area (Å²) >= 11 is -5.04. The van der Waals surface area contributed by atoms with Crippen molar-refractivity contribution >= 4 is 35.1 Å². The quantitative estimate of drug-likeness (QED) is 0.104. The van der Waals surface area contributed by atoms with Gasteiger partial charge in [-0.2, -0.15) is 0 Å². The summed E-state index contributed by atoms with van der Waals surface area (Å²) in [6.07, 6.45) is 9.41. The van der Waals surface area contributed by atoms with Crippen molar-refractivity contribution in [1.29, 1.82) is 0 Å². The van der Waals surface area contributed by atoms with E-state index in [2.05, 4.69) is 183 Å². The molecule has 60 heavy (non-hydrogen) atoms. The average Bonchev–Trinajstić information content (AvgIpc) is 3.76. The Balaban J connectivity index is 1.69. The molecule has 2 aliphatic rings. The van der Waals surface area contributed by atoms with Crippen LogP contribution in [0.1, 0.15) is 221 Å². The third-order valence-electron chi connectivity index (χ3n) is 14.4. The van der Waals surface area contributed by atoms with E-state index in [0.717, 1.165) is 25.7 Å². The van der Waals surface area contributed by atoms with Gasteiger partial charge in [-0.05, 0) is 0 Å². The van der Waals surface area contributed by atoms with E-state index in [4.69, 9.17) is 17.0 Å². The molecular formula is C56H77Cl2SiZr. The monoisotopic (exact) mass is 937 g/mol. The molecule has 6 rings (SSSR count). The normalized spacial score (nSPS) is 17.4. The molecule has 0 aromatic heterocycles. The van der Waals surface area contributed by atoms with Crippen LogP contribution in [0.4, 0.5) is 0 Å². The Morgan fingerprint density at radius 1 is 0.483 bits per heavy atom. The van der Waals surface area contributed by atoms with Crippen molar-refractivity contribution < 1.29 is 15.6 Å². The van der Waals surface area contributed by atoms with E-state index in [1.165, 1.54) is 89.0 Å². The second kappa shape index (κ2) is 18.3. The molecule has 0 amide bonds. The molecule has 0 heterocycles. The van der Waals surface area contributed by atoms with Gasteiger partial charge < -0.3 is 0 Å². The van der Waals surface area contributed by atoms with Gasteiger partial charge in [0, 0.05) is 0 Å². The third kappa shape index (κ3) is 8.41. The fourth-order valence-corrected chi connectivity index (χ4v) is 42.3. The summed E-state index contributed by atoms with van der Waals surface area (Å²) in [5.41, 5.74) is 22.6. The molecular weight excluding hydrogens is 863 g/mol. The van der Waals surface area contributed by atoms with E-state index in [9.17, 15) is 0 Å². The van der Waals surface area contributed by atoms with Crippen LogP contribution in [0.25, 0.3) is 34.4 Å². The predicted molar refractivity (Wildman–Crippen MR) is 270 cm³/mol. The Labute approximate surface area is 375 Å². The maximum absolute atomic E-state index is 9.08. The second-order valence-electron chi connectivity index (χ2n) is 21.0. The van der Waals surface area contributed by atoms with Crippen molar-refractivity contribution in [3.8, 4) is 22.3 Å². The number of fused-ring (bicyclic) bond motifs is 2. The van der Waals surface area contributed by atoms with Crippen molar-refractivity contribution in [2.75, 3.05) is 0 Å². The van der Waals surface area contributed by atoms with Crippen molar-refractivity contribution in [3.63, 3.8) is 0 Å². The van der Waals surface area contributed by atoms with Crippen LogP contribution in [-0.4, -0.2) is 5.92 Å². The standard InChI is InChI=1S/2C27H35.C2H7Si.2ClH.Zr/c2*1-8-9-20-12-21-10-11-25(19(6)7)27(26(21)13-20)24-15-22(17(2)3)14-23(16-24)18(4)5;1-3-2;;;/h2*10-19H,8-9H2,1-7H3;3H,1-2H3;2*1H;/q;;;;;+2/p-2. The van der Waals surface area contributed by atoms with Crippen molar-refractivity contribution in [2.24, 2.45) is 0 Å². The van der Waals surface area contributed by atoms with Gasteiger partial charge in [0.1, 0.15) is 0 Å². The molecule has 0 radical (unpaired) electrons. The molecule has 0 aliphatic heterocycles. The molecule has 0 N–H and O–H groups in total. The molecule has 4 aromatic carbocycles. The van der Waals surface area contributed by atoms with Gasteiger partial charge in [0.2, 0.25) is 0 Å². The molecule has 2 atom stereocenters. The number of halogens is 2. The zero-order chi connectivity index (χ0) is 44.2. The Morgan fingerprint density at radius 3 is 1.05 bits per heavy atom. The van der Waals surface area contributed by atoms with Crippen LogP contribution in [0.2, 0.25) is 13.1 Å². The molecule has 323 valence electrons. The van der Waals surface area contributed by atoms with Gasteiger partial charge in [0.05, 0.1) is 0 Å². The summed E-state index contributed by atoms with van der Waals surface area (Å²) in [7, 11) is 18.2. The van der Waals surface area contributed by atoms with E-state index in [1.807, 2.05) is 0 Å². The molecule has 0 nitrogen and oxygen atoms in total. The Kier molecular flexibility index (Phi) is 14.5. The van der Waals surface area contributed by atoms with Crippen LogP contribution < -0.4 is 0 Å². The maximum atomic E-state index is 9.08. The predicted octanol–water partition coefficient (Wildman–Crippen LogP) is 18.9. The molecule has 4 heteroatoms. The number of hydrogen-bond donors (Lipinski definition) is 0. The molecule has 2 aliphatic carbocycles. The van der Waals surface area contributed by atoms with Gasteiger partial charge in [0.25, 0.3) is 0 Å². The van der Waals surface area contributed by atoms with E-state index in [1.54, 1.807) is 0 Å². The van der Waals surface area contributed by atoms with Gasteiger partial charge in [-0.1, -0.05) is 0 Å². The number of allylic oxidation sites excluding steroid dienone is 2. The Morgan fingerprint density at radius 2 is 0.800 bits per heavy atom. The van der Waals surface area contributed by atoms with Gasteiger partial charge in [-0.3, -0.25) is 0 Å².